The lowest BCUT2D eigenvalue weighted by atomic mass is 9.86. The van der Waals surface area contributed by atoms with Crippen molar-refractivity contribution in [3.8, 4) is 0 Å². The van der Waals surface area contributed by atoms with Gasteiger partial charge in [-0.1, -0.05) is 39.9 Å². The Labute approximate surface area is 204 Å². The molecule has 5 N–H and O–H groups in total. The number of halogens is 1. The molecule has 0 aliphatic carbocycles. The van der Waals surface area contributed by atoms with Gasteiger partial charge in [0.15, 0.2) is 15.2 Å². The van der Waals surface area contributed by atoms with Crippen molar-refractivity contribution in [2.75, 3.05) is 5.73 Å². The fourth-order valence-electron chi connectivity index (χ4n) is 3.59. The molecule has 4 heterocycles. The van der Waals surface area contributed by atoms with Gasteiger partial charge in [-0.25, -0.2) is 14.8 Å². The molecule has 15 heteroatoms. The highest BCUT2D eigenvalue weighted by molar-refractivity contribution is 8.04. The average molecular weight is 529 g/mol. The van der Waals surface area contributed by atoms with Crippen LogP contribution in [0.15, 0.2) is 20.1 Å². The van der Waals surface area contributed by atoms with Crippen LogP contribution in [0.3, 0.4) is 0 Å². The van der Waals surface area contributed by atoms with Crippen molar-refractivity contribution < 1.29 is 24.7 Å². The third kappa shape index (κ3) is 4.18. The van der Waals surface area contributed by atoms with Gasteiger partial charge in [0, 0.05) is 9.78 Å². The zero-order valence-corrected chi connectivity index (χ0v) is 20.4. The van der Waals surface area contributed by atoms with Crippen molar-refractivity contribution in [3.05, 3.63) is 31.2 Å². The highest BCUT2D eigenvalue weighted by Gasteiger charge is 2.54. The molecule has 0 aromatic carbocycles. The monoisotopic (exact) mass is 528 g/mol. The van der Waals surface area contributed by atoms with Crippen molar-refractivity contribution in [2.24, 2.45) is 5.16 Å². The minimum absolute atomic E-state index is 0.0557. The summed E-state index contributed by atoms with van der Waals surface area (Å²) in [6.07, 6.45) is 0.843. The van der Waals surface area contributed by atoms with E-state index in [1.807, 2.05) is 13.8 Å². The summed E-state index contributed by atoms with van der Waals surface area (Å²) in [6.45, 7) is 3.81. The van der Waals surface area contributed by atoms with Gasteiger partial charge >= 0.3 is 5.97 Å². The predicted octanol–water partition coefficient (Wildman–Crippen LogP) is 2.21. The lowest BCUT2D eigenvalue weighted by Gasteiger charge is -2.49. The molecule has 2 aromatic heterocycles. The van der Waals surface area contributed by atoms with Gasteiger partial charge in [0.25, 0.3) is 11.8 Å². The number of aryl methyl sites for hydroxylation is 2. The predicted molar refractivity (Wildman–Crippen MR) is 124 cm³/mol. The number of carbonyl (C=O) groups is 3. The Morgan fingerprint density at radius 2 is 2.06 bits per heavy atom. The van der Waals surface area contributed by atoms with Gasteiger partial charge in [-0.05, 0) is 26.7 Å². The van der Waals surface area contributed by atoms with Crippen molar-refractivity contribution in [1.29, 1.82) is 0 Å². The molecule has 11 nitrogen and oxygen atoms in total. The Bertz CT molecular complexity index is 1220. The van der Waals surface area contributed by atoms with Crippen LogP contribution < -0.4 is 11.1 Å². The molecule has 1 saturated heterocycles. The van der Waals surface area contributed by atoms with E-state index in [4.69, 9.17) is 17.3 Å². The zero-order valence-electron chi connectivity index (χ0n) is 17.2. The van der Waals surface area contributed by atoms with Crippen molar-refractivity contribution in [3.63, 3.8) is 0 Å². The number of thioether (sulfide) groups is 1. The summed E-state index contributed by atoms with van der Waals surface area (Å²) < 4.78 is 0.762. The largest absolute Gasteiger partial charge is 0.477 e. The number of allylic oxidation sites excluding steroid dienone is 1. The second-order valence-corrected chi connectivity index (χ2v) is 11.4. The molecule has 0 saturated carbocycles. The third-order valence-electron chi connectivity index (χ3n) is 5.24. The van der Waals surface area contributed by atoms with E-state index >= 15 is 0 Å². The molecule has 4 rings (SSSR count). The van der Waals surface area contributed by atoms with Crippen LogP contribution in [0.2, 0.25) is 4.34 Å². The molecule has 2 aliphatic heterocycles. The summed E-state index contributed by atoms with van der Waals surface area (Å²) in [5.41, 5.74) is 5.74. The van der Waals surface area contributed by atoms with Crippen LogP contribution in [0.1, 0.15) is 29.1 Å². The molecule has 33 heavy (non-hydrogen) atoms. The summed E-state index contributed by atoms with van der Waals surface area (Å²) in [5, 5.41) is 24.6. The number of nitrogens with one attached hydrogen (secondary N) is 1. The van der Waals surface area contributed by atoms with E-state index in [0.29, 0.717) is 22.1 Å². The van der Waals surface area contributed by atoms with Crippen molar-refractivity contribution in [2.45, 2.75) is 43.1 Å². The van der Waals surface area contributed by atoms with E-state index in [1.165, 1.54) is 28.0 Å². The van der Waals surface area contributed by atoms with Crippen LogP contribution in [0.5, 0.6) is 0 Å². The number of amides is 2. The van der Waals surface area contributed by atoms with Crippen LogP contribution in [-0.4, -0.2) is 60.8 Å². The summed E-state index contributed by atoms with van der Waals surface area (Å²) >= 11 is 9.59. The number of carboxylic acid groups (broad SMARTS) is 1. The molecule has 0 radical (unpaired) electrons. The molecule has 1 fully saturated rings. The molecular weight excluding hydrogens is 512 g/mol. The second kappa shape index (κ2) is 8.93. The number of hydrogen-bond acceptors (Lipinski definition) is 11. The first-order chi connectivity index (χ1) is 15.6. The van der Waals surface area contributed by atoms with Gasteiger partial charge in [0.2, 0.25) is 0 Å². The Morgan fingerprint density at radius 3 is 2.61 bits per heavy atom. The van der Waals surface area contributed by atoms with Crippen LogP contribution in [-0.2, 0) is 14.4 Å². The summed E-state index contributed by atoms with van der Waals surface area (Å²) in [6, 6.07) is -1.53. The molecular formula is C18H17ClN6O5S3. The van der Waals surface area contributed by atoms with E-state index in [-0.39, 0.29) is 20.9 Å². The smallest absolute Gasteiger partial charge is 0.353 e. The van der Waals surface area contributed by atoms with E-state index in [2.05, 4.69) is 20.4 Å². The van der Waals surface area contributed by atoms with E-state index in [1.54, 1.807) is 0 Å². The number of thiazole rings is 2. The lowest BCUT2D eigenvalue weighted by molar-refractivity contribution is -0.155. The standard InChI is InChI=1S/C18H17ClN6O5S3/c1-5-6(2)31-18(21-5)32-8-4-3-7-9(15(27)25(7)12(8)16(28)29)22-14(26)11(24-30)10-13(19)33-17(20)23-10/h7,9,30H,3-4H2,1-2H3,(H2,20,23)(H,22,26)(H,28,29)/t7-,9+/m1/s1. The first kappa shape index (κ1) is 23.5. The van der Waals surface area contributed by atoms with Gasteiger partial charge in [0.1, 0.15) is 21.8 Å². The summed E-state index contributed by atoms with van der Waals surface area (Å²) in [5.74, 6) is -2.68. The topological polar surface area (TPSA) is 171 Å². The Balaban J connectivity index is 1.54. The Hall–Kier alpha value is -2.68. The van der Waals surface area contributed by atoms with Gasteiger partial charge < -0.3 is 21.4 Å². The third-order valence-corrected chi connectivity index (χ3v) is 8.60. The van der Waals surface area contributed by atoms with E-state index in [0.717, 1.165) is 21.9 Å². The number of nitrogens with two attached hydrogens (primary N) is 1. The van der Waals surface area contributed by atoms with Gasteiger partial charge in [-0.3, -0.25) is 14.5 Å². The fourth-order valence-corrected chi connectivity index (χ4v) is 6.90. The van der Waals surface area contributed by atoms with E-state index < -0.39 is 35.6 Å². The molecule has 2 atom stereocenters. The Morgan fingerprint density at radius 1 is 1.33 bits per heavy atom. The highest BCUT2D eigenvalue weighted by atomic mass is 35.5. The number of β-lactam (4-membered cyclic amide) rings is 1. The second-order valence-electron chi connectivity index (χ2n) is 7.19. The minimum Gasteiger partial charge on any atom is -0.477 e. The number of aromatic nitrogens is 2. The maximum absolute atomic E-state index is 12.9. The number of nitrogens with zero attached hydrogens (tertiary/aromatic N) is 4. The molecule has 2 amide bonds. The summed E-state index contributed by atoms with van der Waals surface area (Å²) in [7, 11) is 0. The number of carboxylic acids is 1. The quantitative estimate of drug-likeness (QED) is 0.190. The van der Waals surface area contributed by atoms with Gasteiger partial charge in [0.05, 0.1) is 11.7 Å². The number of oxime groups is 1. The van der Waals surface area contributed by atoms with Crippen LogP contribution >= 0.6 is 46.0 Å². The first-order valence-corrected chi connectivity index (χ1v) is 12.3. The molecule has 2 aliphatic rings. The highest BCUT2D eigenvalue weighted by Crippen LogP contribution is 2.44. The fraction of sp³-hybridized carbons (Fsp3) is 0.333. The number of anilines is 1. The maximum Gasteiger partial charge on any atom is 0.353 e. The number of nitrogen functional groups attached to an aromatic ring is 1. The van der Waals surface area contributed by atoms with E-state index in [9.17, 15) is 24.7 Å². The molecule has 2 aromatic rings. The zero-order chi connectivity index (χ0) is 24.0. The molecule has 0 bridgehead atoms. The normalized spacial score (nSPS) is 20.5. The summed E-state index contributed by atoms with van der Waals surface area (Å²) in [4.78, 5) is 48.6. The minimum atomic E-state index is -1.23. The molecule has 0 unspecified atom stereocenters. The number of carbonyl (C=O) groups excluding carboxylic acids is 2. The number of aliphatic carboxylic acids is 1. The number of rotatable bonds is 6. The van der Waals surface area contributed by atoms with Crippen molar-refractivity contribution >= 4 is 74.7 Å². The van der Waals surface area contributed by atoms with Crippen LogP contribution in [0.4, 0.5) is 5.13 Å². The maximum atomic E-state index is 12.9. The SMILES string of the molecule is Cc1nc(SC2=C(C(=O)O)N3C(=O)[C@@H](NC(=O)C(=NO)c4nc(N)sc4Cl)[C@H]3CC2)sc1C. The number of hydrogen-bond donors (Lipinski definition) is 4. The van der Waals surface area contributed by atoms with Gasteiger partial charge in [-0.15, -0.1) is 11.3 Å². The van der Waals surface area contributed by atoms with Crippen LogP contribution in [0.25, 0.3) is 0 Å². The Kier molecular flexibility index (Phi) is 6.35. The molecule has 174 valence electrons. The molecule has 0 spiro atoms. The van der Waals surface area contributed by atoms with Gasteiger partial charge in [-0.2, -0.15) is 0 Å². The van der Waals surface area contributed by atoms with Crippen LogP contribution in [0, 0.1) is 13.8 Å². The van der Waals surface area contributed by atoms with Crippen molar-refractivity contribution in [1.82, 2.24) is 20.2 Å². The first-order valence-electron chi connectivity index (χ1n) is 9.48. The number of fused-ring (bicyclic) bond motifs is 1. The lowest BCUT2D eigenvalue weighted by Crippen LogP contribution is -2.72. The average Bonchev–Trinajstić information content (AvgIpc) is 3.25.